The average Bonchev–Trinajstić information content (AvgIpc) is 2.95. The standard InChI is InChI=1S/C21H25N3O4/c1-4-28-12-11-24-18-10-9-16(27-3)13-17(18)19(20(24)25)23-21(26)22-15-7-5-14(2)6-8-15/h5-10,13,19H,4,11-12H2,1-3H3,(H2,22,23,26). The third-order valence-corrected chi connectivity index (χ3v) is 4.60. The number of fused-ring (bicyclic) bond motifs is 1. The topological polar surface area (TPSA) is 79.9 Å². The van der Waals surface area contributed by atoms with Crippen molar-refractivity contribution < 1.29 is 19.1 Å². The molecule has 1 unspecified atom stereocenters. The van der Waals surface area contributed by atoms with Crippen LogP contribution in [0.3, 0.4) is 0 Å². The van der Waals surface area contributed by atoms with Crippen molar-refractivity contribution in [3.8, 4) is 5.75 Å². The van der Waals surface area contributed by atoms with Gasteiger partial charge in [-0.05, 0) is 44.2 Å². The quantitative estimate of drug-likeness (QED) is 0.720. The molecule has 0 fully saturated rings. The summed E-state index contributed by atoms with van der Waals surface area (Å²) in [6.07, 6.45) is 0. The average molecular weight is 383 g/mol. The van der Waals surface area contributed by atoms with Crippen molar-refractivity contribution in [3.63, 3.8) is 0 Å². The first-order valence-corrected chi connectivity index (χ1v) is 9.24. The van der Waals surface area contributed by atoms with Gasteiger partial charge in [0.05, 0.1) is 13.7 Å². The van der Waals surface area contributed by atoms with Gasteiger partial charge in [-0.2, -0.15) is 0 Å². The number of carbonyl (C=O) groups excluding carboxylic acids is 2. The van der Waals surface area contributed by atoms with E-state index in [1.165, 1.54) is 0 Å². The molecule has 1 heterocycles. The van der Waals surface area contributed by atoms with Gasteiger partial charge in [0.1, 0.15) is 11.8 Å². The summed E-state index contributed by atoms with van der Waals surface area (Å²) in [5, 5.41) is 5.55. The molecule has 1 aliphatic heterocycles. The second kappa shape index (κ2) is 8.75. The first-order valence-electron chi connectivity index (χ1n) is 9.24. The molecule has 0 saturated heterocycles. The summed E-state index contributed by atoms with van der Waals surface area (Å²) >= 11 is 0. The molecule has 3 amide bonds. The lowest BCUT2D eigenvalue weighted by atomic mass is 10.1. The molecule has 2 N–H and O–H groups in total. The van der Waals surface area contributed by atoms with Gasteiger partial charge in [0.2, 0.25) is 0 Å². The van der Waals surface area contributed by atoms with E-state index in [9.17, 15) is 9.59 Å². The molecule has 3 rings (SSSR count). The molecule has 0 spiro atoms. The van der Waals surface area contributed by atoms with E-state index in [4.69, 9.17) is 9.47 Å². The van der Waals surface area contributed by atoms with E-state index >= 15 is 0 Å². The predicted octanol–water partition coefficient (Wildman–Crippen LogP) is 3.25. The number of rotatable bonds is 7. The first-order chi connectivity index (χ1) is 13.5. The Balaban J connectivity index is 1.78. The number of carbonyl (C=O) groups is 2. The van der Waals surface area contributed by atoms with Crippen LogP contribution in [0.15, 0.2) is 42.5 Å². The van der Waals surface area contributed by atoms with E-state index in [0.717, 1.165) is 11.3 Å². The number of urea groups is 1. The van der Waals surface area contributed by atoms with Crippen molar-refractivity contribution >= 4 is 23.3 Å². The molecule has 1 atom stereocenters. The Hall–Kier alpha value is -3.06. The molecular formula is C21H25N3O4. The lowest BCUT2D eigenvalue weighted by Gasteiger charge is -2.18. The number of nitrogens with one attached hydrogen (secondary N) is 2. The van der Waals surface area contributed by atoms with Crippen LogP contribution in [0, 0.1) is 6.92 Å². The van der Waals surface area contributed by atoms with Crippen molar-refractivity contribution in [2.24, 2.45) is 0 Å². The second-order valence-electron chi connectivity index (χ2n) is 6.51. The van der Waals surface area contributed by atoms with Crippen molar-refractivity contribution in [1.29, 1.82) is 0 Å². The molecule has 7 heteroatoms. The van der Waals surface area contributed by atoms with Crippen LogP contribution in [-0.4, -0.2) is 38.8 Å². The number of nitrogens with zero attached hydrogens (tertiary/aromatic N) is 1. The highest BCUT2D eigenvalue weighted by atomic mass is 16.5. The van der Waals surface area contributed by atoms with E-state index in [1.807, 2.05) is 44.2 Å². The molecule has 0 saturated carbocycles. The van der Waals surface area contributed by atoms with Crippen LogP contribution in [0.4, 0.5) is 16.2 Å². The van der Waals surface area contributed by atoms with Crippen LogP contribution in [0.25, 0.3) is 0 Å². The van der Waals surface area contributed by atoms with Gasteiger partial charge in [-0.15, -0.1) is 0 Å². The second-order valence-corrected chi connectivity index (χ2v) is 6.51. The highest BCUT2D eigenvalue weighted by molar-refractivity contribution is 6.07. The normalized spacial score (nSPS) is 15.3. The number of hydrogen-bond acceptors (Lipinski definition) is 4. The van der Waals surface area contributed by atoms with E-state index < -0.39 is 12.1 Å². The largest absolute Gasteiger partial charge is 0.497 e. The van der Waals surface area contributed by atoms with Gasteiger partial charge < -0.3 is 25.0 Å². The number of methoxy groups -OCH3 is 1. The lowest BCUT2D eigenvalue weighted by Crippen LogP contribution is -2.40. The summed E-state index contributed by atoms with van der Waals surface area (Å²) in [4.78, 5) is 27.1. The molecule has 0 bridgehead atoms. The number of amides is 3. The van der Waals surface area contributed by atoms with Crippen LogP contribution < -0.4 is 20.3 Å². The Bertz CT molecular complexity index is 851. The van der Waals surface area contributed by atoms with Crippen LogP contribution >= 0.6 is 0 Å². The van der Waals surface area contributed by atoms with Crippen molar-refractivity contribution in [2.45, 2.75) is 19.9 Å². The maximum absolute atomic E-state index is 13.0. The first kappa shape index (κ1) is 19.7. The lowest BCUT2D eigenvalue weighted by molar-refractivity contribution is -0.119. The minimum absolute atomic E-state index is 0.193. The van der Waals surface area contributed by atoms with Crippen LogP contribution in [0.5, 0.6) is 5.75 Å². The number of ether oxygens (including phenoxy) is 2. The van der Waals surface area contributed by atoms with Gasteiger partial charge >= 0.3 is 6.03 Å². The summed E-state index contributed by atoms with van der Waals surface area (Å²) in [5.74, 6) is 0.436. The van der Waals surface area contributed by atoms with Gasteiger partial charge in [0, 0.05) is 30.1 Å². The monoisotopic (exact) mass is 383 g/mol. The van der Waals surface area contributed by atoms with Crippen molar-refractivity contribution in [1.82, 2.24) is 5.32 Å². The number of hydrogen-bond donors (Lipinski definition) is 2. The molecule has 2 aromatic carbocycles. The number of benzene rings is 2. The maximum Gasteiger partial charge on any atom is 0.320 e. The zero-order chi connectivity index (χ0) is 20.1. The molecule has 0 aromatic heterocycles. The van der Waals surface area contributed by atoms with E-state index in [1.54, 1.807) is 24.1 Å². The van der Waals surface area contributed by atoms with Crippen LogP contribution in [0.1, 0.15) is 24.1 Å². The maximum atomic E-state index is 13.0. The summed E-state index contributed by atoms with van der Waals surface area (Å²) < 4.78 is 10.7. The minimum atomic E-state index is -0.780. The summed E-state index contributed by atoms with van der Waals surface area (Å²) in [5.41, 5.74) is 3.22. The Morgan fingerprint density at radius 3 is 2.61 bits per heavy atom. The van der Waals surface area contributed by atoms with Crippen molar-refractivity contribution in [3.05, 3.63) is 53.6 Å². The molecule has 28 heavy (non-hydrogen) atoms. The number of anilines is 2. The van der Waals surface area contributed by atoms with Crippen LogP contribution in [0.2, 0.25) is 0 Å². The summed E-state index contributed by atoms with van der Waals surface area (Å²) in [6.45, 7) is 5.31. The third kappa shape index (κ3) is 4.26. The molecule has 148 valence electrons. The Morgan fingerprint density at radius 1 is 1.18 bits per heavy atom. The Labute approximate surface area is 164 Å². The van der Waals surface area contributed by atoms with E-state index in [-0.39, 0.29) is 5.91 Å². The van der Waals surface area contributed by atoms with Crippen LogP contribution in [-0.2, 0) is 9.53 Å². The zero-order valence-corrected chi connectivity index (χ0v) is 16.3. The molecule has 0 aliphatic carbocycles. The number of aryl methyl sites for hydroxylation is 1. The fourth-order valence-electron chi connectivity index (χ4n) is 3.15. The summed E-state index contributed by atoms with van der Waals surface area (Å²) in [6, 6.07) is 11.6. The van der Waals surface area contributed by atoms with Gasteiger partial charge in [0.25, 0.3) is 5.91 Å². The van der Waals surface area contributed by atoms with Gasteiger partial charge in [-0.1, -0.05) is 17.7 Å². The highest BCUT2D eigenvalue weighted by Gasteiger charge is 2.38. The summed E-state index contributed by atoms with van der Waals surface area (Å²) in [7, 11) is 1.57. The third-order valence-electron chi connectivity index (χ3n) is 4.60. The van der Waals surface area contributed by atoms with E-state index in [0.29, 0.717) is 36.8 Å². The molecular weight excluding hydrogens is 358 g/mol. The fourth-order valence-corrected chi connectivity index (χ4v) is 3.15. The molecule has 2 aromatic rings. The zero-order valence-electron chi connectivity index (χ0n) is 16.3. The minimum Gasteiger partial charge on any atom is -0.497 e. The predicted molar refractivity (Wildman–Crippen MR) is 108 cm³/mol. The van der Waals surface area contributed by atoms with E-state index in [2.05, 4.69) is 10.6 Å². The molecule has 7 nitrogen and oxygen atoms in total. The Kier molecular flexibility index (Phi) is 6.16. The fraction of sp³-hybridized carbons (Fsp3) is 0.333. The SMILES string of the molecule is CCOCCN1C(=O)C(NC(=O)Nc2ccc(C)cc2)c2cc(OC)ccc21. The van der Waals surface area contributed by atoms with Gasteiger partial charge in [0.15, 0.2) is 0 Å². The highest BCUT2D eigenvalue weighted by Crippen LogP contribution is 2.38. The molecule has 0 radical (unpaired) electrons. The molecule has 1 aliphatic rings. The smallest absolute Gasteiger partial charge is 0.320 e. The van der Waals surface area contributed by atoms with Gasteiger partial charge in [-0.25, -0.2) is 4.79 Å². The van der Waals surface area contributed by atoms with Gasteiger partial charge in [-0.3, -0.25) is 4.79 Å². The Morgan fingerprint density at radius 2 is 1.93 bits per heavy atom. The van der Waals surface area contributed by atoms with Crippen molar-refractivity contribution in [2.75, 3.05) is 37.1 Å².